The van der Waals surface area contributed by atoms with Crippen LogP contribution in [0.15, 0.2) is 24.3 Å². The number of hydrogen-bond acceptors (Lipinski definition) is 2. The van der Waals surface area contributed by atoms with Crippen molar-refractivity contribution >= 4 is 11.8 Å². The molecule has 1 aliphatic carbocycles. The molecule has 0 spiro atoms. The minimum absolute atomic E-state index is 0.0106. The minimum Gasteiger partial charge on any atom is -0.349 e. The first-order valence-electron chi connectivity index (χ1n) is 7.90. The summed E-state index contributed by atoms with van der Waals surface area (Å²) in [4.78, 5) is 25.8. The predicted molar refractivity (Wildman–Crippen MR) is 80.8 cm³/mol. The van der Waals surface area contributed by atoms with Crippen molar-refractivity contribution in [2.75, 3.05) is 6.54 Å². The Balaban J connectivity index is 1.64. The van der Waals surface area contributed by atoms with Crippen molar-refractivity contribution in [3.63, 3.8) is 0 Å². The van der Waals surface area contributed by atoms with Crippen LogP contribution in [-0.2, 0) is 11.3 Å². The summed E-state index contributed by atoms with van der Waals surface area (Å²) in [5, 5.41) is 3.11. The van der Waals surface area contributed by atoms with Gasteiger partial charge < -0.3 is 10.2 Å². The van der Waals surface area contributed by atoms with Crippen LogP contribution in [-0.4, -0.2) is 29.3 Å². The number of nitrogens with one attached hydrogen (secondary N) is 1. The second kappa shape index (κ2) is 6.29. The molecule has 2 aliphatic rings. The van der Waals surface area contributed by atoms with E-state index in [0.29, 0.717) is 24.6 Å². The lowest BCUT2D eigenvalue weighted by molar-refractivity contribution is -0.128. The summed E-state index contributed by atoms with van der Waals surface area (Å²) in [5.74, 6) is 0.229. The van der Waals surface area contributed by atoms with Gasteiger partial charge in [-0.05, 0) is 37.0 Å². The maximum absolute atomic E-state index is 12.3. The van der Waals surface area contributed by atoms with E-state index >= 15 is 0 Å². The van der Waals surface area contributed by atoms with Crippen molar-refractivity contribution in [2.24, 2.45) is 0 Å². The van der Waals surface area contributed by atoms with Crippen LogP contribution in [0.5, 0.6) is 0 Å². The van der Waals surface area contributed by atoms with E-state index in [1.807, 2.05) is 29.2 Å². The highest BCUT2D eigenvalue weighted by Crippen LogP contribution is 2.19. The van der Waals surface area contributed by atoms with E-state index in [9.17, 15) is 9.59 Å². The van der Waals surface area contributed by atoms with Crippen LogP contribution in [0.2, 0.25) is 0 Å². The van der Waals surface area contributed by atoms with E-state index in [1.165, 1.54) is 12.8 Å². The number of amides is 2. The molecule has 2 amide bonds. The van der Waals surface area contributed by atoms with E-state index < -0.39 is 0 Å². The molecule has 1 saturated carbocycles. The molecule has 0 radical (unpaired) electrons. The van der Waals surface area contributed by atoms with E-state index in [4.69, 9.17) is 0 Å². The fourth-order valence-corrected chi connectivity index (χ4v) is 3.24. The van der Waals surface area contributed by atoms with Gasteiger partial charge in [-0.25, -0.2) is 0 Å². The minimum atomic E-state index is 0.0106. The van der Waals surface area contributed by atoms with Crippen LogP contribution in [0, 0.1) is 0 Å². The van der Waals surface area contributed by atoms with E-state index in [2.05, 4.69) is 5.32 Å². The lowest BCUT2D eigenvalue weighted by Gasteiger charge is -2.16. The molecule has 1 aromatic carbocycles. The Bertz CT molecular complexity index is 535. The third kappa shape index (κ3) is 3.43. The average Bonchev–Trinajstić information content (AvgIpc) is 3.12. The first kappa shape index (κ1) is 14.1. The summed E-state index contributed by atoms with van der Waals surface area (Å²) >= 11 is 0. The number of nitrogens with zero attached hydrogens (tertiary/aromatic N) is 1. The molecule has 4 nitrogen and oxygen atoms in total. The molecular formula is C17H22N2O2. The van der Waals surface area contributed by atoms with Crippen molar-refractivity contribution in [2.45, 2.75) is 51.1 Å². The Labute approximate surface area is 125 Å². The molecule has 0 unspecified atom stereocenters. The van der Waals surface area contributed by atoms with Gasteiger partial charge in [0.05, 0.1) is 0 Å². The number of carbonyl (C=O) groups is 2. The van der Waals surface area contributed by atoms with Crippen molar-refractivity contribution in [3.05, 3.63) is 35.4 Å². The zero-order valence-electron chi connectivity index (χ0n) is 12.3. The summed E-state index contributed by atoms with van der Waals surface area (Å²) in [7, 11) is 0. The van der Waals surface area contributed by atoms with E-state index in [-0.39, 0.29) is 11.8 Å². The van der Waals surface area contributed by atoms with Crippen molar-refractivity contribution in [3.8, 4) is 0 Å². The molecule has 112 valence electrons. The zero-order chi connectivity index (χ0) is 14.7. The highest BCUT2D eigenvalue weighted by Gasteiger charge is 2.21. The fourth-order valence-electron chi connectivity index (χ4n) is 3.24. The summed E-state index contributed by atoms with van der Waals surface area (Å²) in [6.45, 7) is 1.45. The molecule has 4 heteroatoms. The molecule has 3 rings (SSSR count). The summed E-state index contributed by atoms with van der Waals surface area (Å²) in [6, 6.07) is 7.98. The number of hydrogen-bond donors (Lipinski definition) is 1. The van der Waals surface area contributed by atoms with Crippen molar-refractivity contribution in [1.29, 1.82) is 0 Å². The van der Waals surface area contributed by atoms with Crippen molar-refractivity contribution in [1.82, 2.24) is 10.2 Å². The van der Waals surface area contributed by atoms with E-state index in [1.54, 1.807) is 0 Å². The quantitative estimate of drug-likeness (QED) is 0.924. The van der Waals surface area contributed by atoms with Gasteiger partial charge in [-0.1, -0.05) is 25.0 Å². The van der Waals surface area contributed by atoms with Gasteiger partial charge in [-0.2, -0.15) is 0 Å². The lowest BCUT2D eigenvalue weighted by Crippen LogP contribution is -2.32. The van der Waals surface area contributed by atoms with Gasteiger partial charge in [-0.15, -0.1) is 0 Å². The molecule has 1 aromatic rings. The molecule has 1 aliphatic heterocycles. The molecule has 0 atom stereocenters. The van der Waals surface area contributed by atoms with Crippen LogP contribution in [0.25, 0.3) is 0 Å². The Morgan fingerprint density at radius 2 is 2.05 bits per heavy atom. The maximum Gasteiger partial charge on any atom is 0.251 e. The highest BCUT2D eigenvalue weighted by atomic mass is 16.2. The molecule has 0 aromatic heterocycles. The Kier molecular flexibility index (Phi) is 4.23. The zero-order valence-corrected chi connectivity index (χ0v) is 12.3. The molecule has 1 saturated heterocycles. The lowest BCUT2D eigenvalue weighted by atomic mass is 10.1. The molecule has 1 N–H and O–H groups in total. The maximum atomic E-state index is 12.3. The van der Waals surface area contributed by atoms with Gasteiger partial charge in [0, 0.05) is 31.1 Å². The number of rotatable bonds is 4. The topological polar surface area (TPSA) is 49.4 Å². The normalized spacial score (nSPS) is 19.2. The van der Waals surface area contributed by atoms with Gasteiger partial charge in [0.15, 0.2) is 0 Å². The highest BCUT2D eigenvalue weighted by molar-refractivity contribution is 5.94. The van der Waals surface area contributed by atoms with Gasteiger partial charge in [0.1, 0.15) is 0 Å². The van der Waals surface area contributed by atoms with Crippen LogP contribution in [0.4, 0.5) is 0 Å². The standard InChI is InChI=1S/C17H22N2O2/c20-16-9-4-10-19(16)12-13-5-3-6-14(11-13)17(21)18-15-7-1-2-8-15/h3,5-6,11,15H,1-2,4,7-10,12H2,(H,18,21). The third-order valence-corrected chi connectivity index (χ3v) is 4.42. The smallest absolute Gasteiger partial charge is 0.251 e. The predicted octanol–water partition coefficient (Wildman–Crippen LogP) is 2.48. The van der Waals surface area contributed by atoms with Gasteiger partial charge in [0.2, 0.25) is 5.91 Å². The first-order chi connectivity index (χ1) is 10.2. The summed E-state index contributed by atoms with van der Waals surface area (Å²) in [5.41, 5.74) is 1.73. The largest absolute Gasteiger partial charge is 0.349 e. The number of benzene rings is 1. The molecule has 2 fully saturated rings. The van der Waals surface area contributed by atoms with Crippen LogP contribution < -0.4 is 5.32 Å². The monoisotopic (exact) mass is 286 g/mol. The van der Waals surface area contributed by atoms with Crippen LogP contribution >= 0.6 is 0 Å². The second-order valence-corrected chi connectivity index (χ2v) is 6.07. The van der Waals surface area contributed by atoms with E-state index in [0.717, 1.165) is 31.4 Å². The third-order valence-electron chi connectivity index (χ3n) is 4.42. The van der Waals surface area contributed by atoms with Crippen molar-refractivity contribution < 1.29 is 9.59 Å². The molecular weight excluding hydrogens is 264 g/mol. The van der Waals surface area contributed by atoms with Crippen LogP contribution in [0.3, 0.4) is 0 Å². The molecule has 0 bridgehead atoms. The Morgan fingerprint density at radius 1 is 1.24 bits per heavy atom. The van der Waals surface area contributed by atoms with Gasteiger partial charge in [-0.3, -0.25) is 9.59 Å². The fraction of sp³-hybridized carbons (Fsp3) is 0.529. The summed E-state index contributed by atoms with van der Waals surface area (Å²) in [6.07, 6.45) is 6.20. The molecule has 1 heterocycles. The Hall–Kier alpha value is -1.84. The Morgan fingerprint density at radius 3 is 2.76 bits per heavy atom. The molecule has 21 heavy (non-hydrogen) atoms. The number of carbonyl (C=O) groups excluding carboxylic acids is 2. The number of likely N-dealkylation sites (tertiary alicyclic amines) is 1. The van der Waals surface area contributed by atoms with Gasteiger partial charge >= 0.3 is 0 Å². The summed E-state index contributed by atoms with van der Waals surface area (Å²) < 4.78 is 0. The first-order valence-corrected chi connectivity index (χ1v) is 7.90. The van der Waals surface area contributed by atoms with Gasteiger partial charge in [0.25, 0.3) is 5.91 Å². The second-order valence-electron chi connectivity index (χ2n) is 6.07. The average molecular weight is 286 g/mol. The SMILES string of the molecule is O=C(NC1CCCC1)c1cccc(CN2CCCC2=O)c1. The van der Waals surface area contributed by atoms with Crippen LogP contribution in [0.1, 0.15) is 54.4 Å².